The van der Waals surface area contributed by atoms with Gasteiger partial charge in [0.05, 0.1) is 10.3 Å². The SMILES string of the molecule is O=C(Nc1nc(Oc2ccc([N+](=O)[O-])cc2)cs1)c1ccc(Br)cc1. The van der Waals surface area contributed by atoms with Crippen LogP contribution >= 0.6 is 27.3 Å². The minimum atomic E-state index is -0.484. The monoisotopic (exact) mass is 419 g/mol. The molecule has 0 spiro atoms. The first kappa shape index (κ1) is 17.1. The van der Waals surface area contributed by atoms with Gasteiger partial charge in [-0.3, -0.25) is 20.2 Å². The van der Waals surface area contributed by atoms with Crippen LogP contribution < -0.4 is 10.1 Å². The first-order valence-corrected chi connectivity index (χ1v) is 8.63. The van der Waals surface area contributed by atoms with Crippen molar-refractivity contribution < 1.29 is 14.5 Å². The highest BCUT2D eigenvalue weighted by Crippen LogP contribution is 2.27. The summed E-state index contributed by atoms with van der Waals surface area (Å²) in [6.07, 6.45) is 0. The van der Waals surface area contributed by atoms with Gasteiger partial charge in [0.1, 0.15) is 5.75 Å². The number of non-ortho nitro benzene ring substituents is 1. The van der Waals surface area contributed by atoms with Crippen molar-refractivity contribution in [3.05, 3.63) is 74.1 Å². The Morgan fingerprint density at radius 2 is 1.84 bits per heavy atom. The second kappa shape index (κ2) is 7.41. The van der Waals surface area contributed by atoms with Crippen LogP contribution in [0.3, 0.4) is 0 Å². The van der Waals surface area contributed by atoms with Gasteiger partial charge in [0.2, 0.25) is 5.88 Å². The zero-order chi connectivity index (χ0) is 17.8. The first-order chi connectivity index (χ1) is 12.0. The Balaban J connectivity index is 1.64. The van der Waals surface area contributed by atoms with Gasteiger partial charge in [0.25, 0.3) is 11.6 Å². The summed E-state index contributed by atoms with van der Waals surface area (Å²) < 4.78 is 6.40. The molecule has 3 rings (SSSR count). The van der Waals surface area contributed by atoms with Crippen LogP contribution in [0, 0.1) is 10.1 Å². The third-order valence-electron chi connectivity index (χ3n) is 3.08. The Labute approximate surface area is 154 Å². The predicted octanol–water partition coefficient (Wildman–Crippen LogP) is 4.86. The maximum Gasteiger partial charge on any atom is 0.269 e. The minimum Gasteiger partial charge on any atom is -0.438 e. The molecule has 3 aromatic rings. The van der Waals surface area contributed by atoms with Crippen molar-refractivity contribution in [1.82, 2.24) is 4.98 Å². The topological polar surface area (TPSA) is 94.4 Å². The van der Waals surface area contributed by atoms with E-state index in [9.17, 15) is 14.9 Å². The number of nitro benzene ring substituents is 1. The maximum absolute atomic E-state index is 12.1. The molecule has 25 heavy (non-hydrogen) atoms. The fourth-order valence-corrected chi connectivity index (χ4v) is 2.76. The average molecular weight is 420 g/mol. The second-order valence-corrected chi connectivity index (χ2v) is 6.58. The number of carbonyl (C=O) groups excluding carboxylic acids is 1. The number of aromatic nitrogens is 1. The molecule has 0 fully saturated rings. The smallest absolute Gasteiger partial charge is 0.269 e. The van der Waals surface area contributed by atoms with E-state index in [0.29, 0.717) is 22.3 Å². The number of carbonyl (C=O) groups is 1. The maximum atomic E-state index is 12.1. The van der Waals surface area contributed by atoms with Crippen LogP contribution in [0.25, 0.3) is 0 Å². The minimum absolute atomic E-state index is 0.0203. The van der Waals surface area contributed by atoms with Crippen LogP contribution in [0.4, 0.5) is 10.8 Å². The Hall–Kier alpha value is -2.78. The van der Waals surface area contributed by atoms with Gasteiger partial charge in [0, 0.05) is 22.2 Å². The molecule has 0 atom stereocenters. The van der Waals surface area contributed by atoms with Crippen molar-refractivity contribution in [2.45, 2.75) is 0 Å². The number of benzene rings is 2. The summed E-state index contributed by atoms with van der Waals surface area (Å²) in [5.74, 6) is 0.440. The molecule has 1 heterocycles. The highest BCUT2D eigenvalue weighted by atomic mass is 79.9. The number of hydrogen-bond donors (Lipinski definition) is 1. The number of nitro groups is 1. The van der Waals surface area contributed by atoms with Crippen molar-refractivity contribution in [3.63, 3.8) is 0 Å². The van der Waals surface area contributed by atoms with E-state index < -0.39 is 4.92 Å². The molecule has 0 saturated heterocycles. The van der Waals surface area contributed by atoms with Crippen LogP contribution in [0.5, 0.6) is 11.6 Å². The third kappa shape index (κ3) is 4.40. The number of ether oxygens (including phenoxy) is 1. The number of amides is 1. The van der Waals surface area contributed by atoms with E-state index in [0.717, 1.165) is 4.47 Å². The second-order valence-electron chi connectivity index (χ2n) is 4.80. The number of hydrogen-bond acceptors (Lipinski definition) is 6. The predicted molar refractivity (Wildman–Crippen MR) is 97.4 cm³/mol. The molecule has 7 nitrogen and oxygen atoms in total. The van der Waals surface area contributed by atoms with E-state index >= 15 is 0 Å². The number of thiazole rings is 1. The number of anilines is 1. The molecule has 9 heteroatoms. The van der Waals surface area contributed by atoms with Crippen molar-refractivity contribution >= 4 is 44.0 Å². The van der Waals surface area contributed by atoms with Gasteiger partial charge in [-0.25, -0.2) is 0 Å². The fraction of sp³-hybridized carbons (Fsp3) is 0. The summed E-state index contributed by atoms with van der Waals surface area (Å²) in [4.78, 5) is 26.4. The molecule has 1 amide bonds. The van der Waals surface area contributed by atoms with Gasteiger partial charge in [-0.05, 0) is 36.4 Å². The van der Waals surface area contributed by atoms with Crippen LogP contribution in [0.1, 0.15) is 10.4 Å². The molecule has 1 aromatic heterocycles. The molecule has 0 radical (unpaired) electrons. The summed E-state index contributed by atoms with van der Waals surface area (Å²) >= 11 is 4.53. The van der Waals surface area contributed by atoms with E-state index in [1.165, 1.54) is 35.6 Å². The molecule has 2 aromatic carbocycles. The van der Waals surface area contributed by atoms with E-state index in [1.54, 1.807) is 29.6 Å². The fourth-order valence-electron chi connectivity index (χ4n) is 1.89. The molecular formula is C16H10BrN3O4S. The summed E-state index contributed by atoms with van der Waals surface area (Å²) in [5, 5.41) is 15.3. The van der Waals surface area contributed by atoms with Crippen molar-refractivity contribution in [1.29, 1.82) is 0 Å². The van der Waals surface area contributed by atoms with Gasteiger partial charge in [-0.2, -0.15) is 4.98 Å². The standard InChI is InChI=1S/C16H10BrN3O4S/c17-11-3-1-10(2-4-11)15(21)19-16-18-14(9-25-16)24-13-7-5-12(6-8-13)20(22)23/h1-9H,(H,18,19,21). The van der Waals surface area contributed by atoms with Gasteiger partial charge in [-0.15, -0.1) is 11.3 Å². The Morgan fingerprint density at radius 1 is 1.16 bits per heavy atom. The highest BCUT2D eigenvalue weighted by molar-refractivity contribution is 9.10. The summed E-state index contributed by atoms with van der Waals surface area (Å²) in [6, 6.07) is 12.6. The average Bonchev–Trinajstić information content (AvgIpc) is 3.02. The van der Waals surface area contributed by atoms with Gasteiger partial charge in [0.15, 0.2) is 5.13 Å². The number of nitrogens with zero attached hydrogens (tertiary/aromatic N) is 2. The van der Waals surface area contributed by atoms with E-state index in [4.69, 9.17) is 4.74 Å². The van der Waals surface area contributed by atoms with Crippen LogP contribution in [-0.4, -0.2) is 15.8 Å². The van der Waals surface area contributed by atoms with Crippen molar-refractivity contribution in [3.8, 4) is 11.6 Å². The van der Waals surface area contributed by atoms with E-state index in [2.05, 4.69) is 26.2 Å². The Morgan fingerprint density at radius 3 is 2.48 bits per heavy atom. The normalized spacial score (nSPS) is 10.3. The molecule has 1 N–H and O–H groups in total. The van der Waals surface area contributed by atoms with E-state index in [-0.39, 0.29) is 11.6 Å². The van der Waals surface area contributed by atoms with E-state index in [1.807, 2.05) is 0 Å². The lowest BCUT2D eigenvalue weighted by molar-refractivity contribution is -0.384. The molecule has 126 valence electrons. The van der Waals surface area contributed by atoms with Gasteiger partial charge in [-0.1, -0.05) is 15.9 Å². The quantitative estimate of drug-likeness (QED) is 0.470. The molecule has 0 unspecified atom stereocenters. The number of halogens is 1. The summed E-state index contributed by atoms with van der Waals surface area (Å²) in [5.41, 5.74) is 0.490. The molecular weight excluding hydrogens is 410 g/mol. The lowest BCUT2D eigenvalue weighted by Crippen LogP contribution is -2.11. The summed E-state index contributed by atoms with van der Waals surface area (Å²) in [7, 11) is 0. The zero-order valence-corrected chi connectivity index (χ0v) is 14.9. The van der Waals surface area contributed by atoms with Crippen LogP contribution in [-0.2, 0) is 0 Å². The van der Waals surface area contributed by atoms with Gasteiger partial charge < -0.3 is 4.74 Å². The molecule has 0 saturated carbocycles. The molecule has 0 aliphatic heterocycles. The molecule has 0 aliphatic rings. The molecule has 0 aliphatic carbocycles. The summed E-state index contributed by atoms with van der Waals surface area (Å²) in [6.45, 7) is 0. The largest absolute Gasteiger partial charge is 0.438 e. The van der Waals surface area contributed by atoms with Crippen molar-refractivity contribution in [2.24, 2.45) is 0 Å². The third-order valence-corrected chi connectivity index (χ3v) is 4.34. The lowest BCUT2D eigenvalue weighted by Gasteiger charge is -2.02. The van der Waals surface area contributed by atoms with Crippen LogP contribution in [0.15, 0.2) is 58.4 Å². The lowest BCUT2D eigenvalue weighted by atomic mass is 10.2. The van der Waals surface area contributed by atoms with Crippen LogP contribution in [0.2, 0.25) is 0 Å². The number of rotatable bonds is 5. The Kier molecular flexibility index (Phi) is 5.05. The van der Waals surface area contributed by atoms with Gasteiger partial charge >= 0.3 is 0 Å². The first-order valence-electron chi connectivity index (χ1n) is 6.96. The Bertz CT molecular complexity index is 910. The number of nitrogens with one attached hydrogen (secondary N) is 1. The highest BCUT2D eigenvalue weighted by Gasteiger charge is 2.11. The van der Waals surface area contributed by atoms with Crippen molar-refractivity contribution in [2.75, 3.05) is 5.32 Å². The zero-order valence-electron chi connectivity index (χ0n) is 12.5. The molecule has 0 bridgehead atoms.